The van der Waals surface area contributed by atoms with Gasteiger partial charge < -0.3 is 9.47 Å². The molecule has 10 heteroatoms. The molecule has 0 radical (unpaired) electrons. The number of nitrogens with zero attached hydrogens (tertiary/aromatic N) is 3. The zero-order chi connectivity index (χ0) is 21.9. The number of rotatable bonds is 12. The Kier molecular flexibility index (Phi) is 8.55. The first-order valence-corrected chi connectivity index (χ1v) is 9.49. The van der Waals surface area contributed by atoms with Crippen LogP contribution >= 0.6 is 0 Å². The van der Waals surface area contributed by atoms with Crippen molar-refractivity contribution >= 4 is 23.3 Å². The molecule has 0 bridgehead atoms. The van der Waals surface area contributed by atoms with E-state index in [2.05, 4.69) is 17.5 Å². The Morgan fingerprint density at radius 3 is 2.57 bits per heavy atom. The predicted molar refractivity (Wildman–Crippen MR) is 114 cm³/mol. The Morgan fingerprint density at radius 2 is 1.90 bits per heavy atom. The molecule has 160 valence electrons. The van der Waals surface area contributed by atoms with Crippen LogP contribution in [0, 0.1) is 20.2 Å². The summed E-state index contributed by atoms with van der Waals surface area (Å²) in [6, 6.07) is 8.74. The van der Waals surface area contributed by atoms with E-state index in [1.165, 1.54) is 37.6 Å². The van der Waals surface area contributed by atoms with Crippen molar-refractivity contribution in [3.05, 3.63) is 62.2 Å². The first-order chi connectivity index (χ1) is 14.5. The van der Waals surface area contributed by atoms with Gasteiger partial charge in [0, 0.05) is 23.8 Å². The number of nitrogens with one attached hydrogen (secondary N) is 1. The zero-order valence-corrected chi connectivity index (χ0v) is 16.9. The molecule has 30 heavy (non-hydrogen) atoms. The van der Waals surface area contributed by atoms with E-state index < -0.39 is 9.85 Å². The molecular formula is C20H24N4O6. The van der Waals surface area contributed by atoms with Gasteiger partial charge in [0.25, 0.3) is 5.69 Å². The van der Waals surface area contributed by atoms with Crippen LogP contribution in [0.15, 0.2) is 41.5 Å². The second-order valence-electron chi connectivity index (χ2n) is 6.42. The number of anilines is 1. The minimum absolute atomic E-state index is 0.0760. The molecule has 0 aliphatic rings. The van der Waals surface area contributed by atoms with Crippen molar-refractivity contribution in [2.75, 3.05) is 19.1 Å². The van der Waals surface area contributed by atoms with Crippen molar-refractivity contribution < 1.29 is 19.3 Å². The quantitative estimate of drug-likeness (QED) is 0.225. The molecule has 0 saturated heterocycles. The number of non-ortho nitro benzene ring substituents is 1. The lowest BCUT2D eigenvalue weighted by Gasteiger charge is -2.12. The van der Waals surface area contributed by atoms with Crippen molar-refractivity contribution in [2.24, 2.45) is 5.10 Å². The molecule has 1 N–H and O–H groups in total. The summed E-state index contributed by atoms with van der Waals surface area (Å²) in [5.74, 6) is 0.319. The highest BCUT2D eigenvalue weighted by Crippen LogP contribution is 2.38. The smallest absolute Gasteiger partial charge is 0.315 e. The van der Waals surface area contributed by atoms with Gasteiger partial charge in [0.2, 0.25) is 5.75 Å². The van der Waals surface area contributed by atoms with Crippen LogP contribution in [0.4, 0.5) is 17.1 Å². The highest BCUT2D eigenvalue weighted by Gasteiger charge is 2.22. The van der Waals surface area contributed by atoms with E-state index in [0.717, 1.165) is 25.7 Å². The number of benzene rings is 2. The number of unbranched alkanes of at least 4 members (excludes halogenated alkanes) is 3. The van der Waals surface area contributed by atoms with Gasteiger partial charge in [-0.15, -0.1) is 0 Å². The van der Waals surface area contributed by atoms with E-state index in [4.69, 9.17) is 9.47 Å². The number of nitro benzene ring substituents is 2. The maximum atomic E-state index is 11.5. The van der Waals surface area contributed by atoms with Gasteiger partial charge in [-0.05, 0) is 18.6 Å². The third kappa shape index (κ3) is 6.43. The van der Waals surface area contributed by atoms with Crippen molar-refractivity contribution in [1.82, 2.24) is 0 Å². The molecule has 0 amide bonds. The van der Waals surface area contributed by atoms with Gasteiger partial charge in [0.1, 0.15) is 0 Å². The topological polar surface area (TPSA) is 129 Å². The van der Waals surface area contributed by atoms with Crippen LogP contribution < -0.4 is 14.9 Å². The number of ether oxygens (including phenoxy) is 2. The molecule has 0 aliphatic heterocycles. The first-order valence-electron chi connectivity index (χ1n) is 9.49. The predicted octanol–water partition coefficient (Wildman–Crippen LogP) is 4.92. The van der Waals surface area contributed by atoms with Crippen LogP contribution in [0.5, 0.6) is 11.5 Å². The van der Waals surface area contributed by atoms with Crippen LogP contribution in [0.25, 0.3) is 0 Å². The molecule has 0 spiro atoms. The van der Waals surface area contributed by atoms with Gasteiger partial charge in [-0.1, -0.05) is 32.3 Å². The molecule has 0 heterocycles. The molecule has 0 saturated carbocycles. The first kappa shape index (κ1) is 22.6. The largest absolute Gasteiger partial charge is 0.493 e. The van der Waals surface area contributed by atoms with Gasteiger partial charge in [-0.2, -0.15) is 5.10 Å². The fraction of sp³-hybridized carbons (Fsp3) is 0.350. The third-order valence-corrected chi connectivity index (χ3v) is 4.18. The summed E-state index contributed by atoms with van der Waals surface area (Å²) in [6.45, 7) is 2.46. The van der Waals surface area contributed by atoms with Crippen LogP contribution in [-0.2, 0) is 0 Å². The molecule has 0 aliphatic carbocycles. The van der Waals surface area contributed by atoms with Crippen LogP contribution in [-0.4, -0.2) is 29.8 Å². The summed E-state index contributed by atoms with van der Waals surface area (Å²) in [6.07, 6.45) is 5.31. The minimum atomic E-state index is -0.533. The van der Waals surface area contributed by atoms with E-state index >= 15 is 0 Å². The lowest BCUT2D eigenvalue weighted by Crippen LogP contribution is -2.04. The van der Waals surface area contributed by atoms with Crippen molar-refractivity contribution in [1.29, 1.82) is 0 Å². The zero-order valence-electron chi connectivity index (χ0n) is 16.9. The van der Waals surface area contributed by atoms with Crippen LogP contribution in [0.1, 0.15) is 38.2 Å². The SMILES string of the molecule is CCCCCCOc1c(OC)cc(C=NNc2cccc([N+](=O)[O-])c2)cc1[N+](=O)[O-]. The summed E-state index contributed by atoms with van der Waals surface area (Å²) < 4.78 is 10.9. The molecule has 0 fully saturated rings. The van der Waals surface area contributed by atoms with E-state index in [9.17, 15) is 20.2 Å². The minimum Gasteiger partial charge on any atom is -0.493 e. The Bertz CT molecular complexity index is 916. The summed E-state index contributed by atoms with van der Waals surface area (Å²) >= 11 is 0. The number of hydrogen-bond acceptors (Lipinski definition) is 8. The Labute approximate surface area is 173 Å². The van der Waals surface area contributed by atoms with E-state index in [0.29, 0.717) is 17.9 Å². The van der Waals surface area contributed by atoms with Crippen molar-refractivity contribution in [3.63, 3.8) is 0 Å². The summed E-state index contributed by atoms with van der Waals surface area (Å²) in [5, 5.41) is 26.3. The molecule has 10 nitrogen and oxygen atoms in total. The van der Waals surface area contributed by atoms with E-state index in [-0.39, 0.29) is 22.9 Å². The summed E-state index contributed by atoms with van der Waals surface area (Å²) in [4.78, 5) is 21.3. The monoisotopic (exact) mass is 416 g/mol. The molecule has 0 unspecified atom stereocenters. The second kappa shape index (κ2) is 11.3. The van der Waals surface area contributed by atoms with Crippen LogP contribution in [0.2, 0.25) is 0 Å². The molecule has 0 atom stereocenters. The van der Waals surface area contributed by atoms with Gasteiger partial charge >= 0.3 is 5.69 Å². The molecule has 0 aromatic heterocycles. The molecular weight excluding hydrogens is 392 g/mol. The van der Waals surface area contributed by atoms with Crippen molar-refractivity contribution in [2.45, 2.75) is 32.6 Å². The fourth-order valence-corrected chi connectivity index (χ4v) is 2.69. The van der Waals surface area contributed by atoms with E-state index in [1.54, 1.807) is 12.1 Å². The second-order valence-corrected chi connectivity index (χ2v) is 6.42. The standard InChI is InChI=1S/C20H24N4O6/c1-3-4-5-6-10-30-20-18(24(27)28)11-15(12-19(20)29-2)14-21-22-16-8-7-9-17(13-16)23(25)26/h7-9,11-14,22H,3-6,10H2,1-2H3. The summed E-state index contributed by atoms with van der Waals surface area (Å²) in [7, 11) is 1.41. The third-order valence-electron chi connectivity index (χ3n) is 4.18. The summed E-state index contributed by atoms with van der Waals surface area (Å²) in [5.41, 5.74) is 3.19. The Morgan fingerprint density at radius 1 is 1.10 bits per heavy atom. The van der Waals surface area contributed by atoms with Gasteiger partial charge in [-0.3, -0.25) is 25.7 Å². The average Bonchev–Trinajstić information content (AvgIpc) is 2.73. The molecule has 2 aromatic rings. The van der Waals surface area contributed by atoms with Gasteiger partial charge in [0.15, 0.2) is 5.75 Å². The number of nitro groups is 2. The Hall–Kier alpha value is -3.69. The number of hydrogen-bond donors (Lipinski definition) is 1. The maximum absolute atomic E-state index is 11.5. The molecule has 2 rings (SSSR count). The lowest BCUT2D eigenvalue weighted by molar-refractivity contribution is -0.386. The number of hydrazone groups is 1. The van der Waals surface area contributed by atoms with E-state index in [1.807, 2.05) is 0 Å². The average molecular weight is 416 g/mol. The lowest BCUT2D eigenvalue weighted by atomic mass is 10.1. The highest BCUT2D eigenvalue weighted by atomic mass is 16.6. The van der Waals surface area contributed by atoms with Crippen molar-refractivity contribution in [3.8, 4) is 11.5 Å². The van der Waals surface area contributed by atoms with Gasteiger partial charge in [-0.25, -0.2) is 0 Å². The van der Waals surface area contributed by atoms with Crippen LogP contribution in [0.3, 0.4) is 0 Å². The normalized spacial score (nSPS) is 10.7. The number of methoxy groups -OCH3 is 1. The van der Waals surface area contributed by atoms with Gasteiger partial charge in [0.05, 0.1) is 35.5 Å². The highest BCUT2D eigenvalue weighted by molar-refractivity contribution is 5.83. The maximum Gasteiger partial charge on any atom is 0.315 e. The Balaban J connectivity index is 2.17. The fourth-order valence-electron chi connectivity index (χ4n) is 2.69. The molecule has 2 aromatic carbocycles.